The maximum absolute atomic E-state index is 13.6. The summed E-state index contributed by atoms with van der Waals surface area (Å²) in [5.74, 6) is -0.241. The van der Waals surface area contributed by atoms with Gasteiger partial charge in [-0.1, -0.05) is 72.3 Å². The quantitative estimate of drug-likeness (QED) is 0.466. The van der Waals surface area contributed by atoms with Gasteiger partial charge in [-0.3, -0.25) is 4.79 Å². The molecule has 1 amide bonds. The van der Waals surface area contributed by atoms with Crippen LogP contribution in [0.15, 0.2) is 83.8 Å². The fraction of sp³-hybridized carbons (Fsp3) is 0.269. The fourth-order valence-corrected chi connectivity index (χ4v) is 5.82. The minimum absolute atomic E-state index is 0.0513. The Bertz CT molecular complexity index is 1210. The van der Waals surface area contributed by atoms with Crippen LogP contribution in [0.25, 0.3) is 0 Å². The molecule has 0 N–H and O–H groups in total. The van der Waals surface area contributed by atoms with Crippen molar-refractivity contribution in [1.29, 1.82) is 0 Å². The second kappa shape index (κ2) is 11.1. The van der Waals surface area contributed by atoms with Crippen LogP contribution in [-0.2, 0) is 27.7 Å². The van der Waals surface area contributed by atoms with E-state index in [1.165, 1.54) is 16.4 Å². The zero-order valence-electron chi connectivity index (χ0n) is 18.8. The molecule has 6 nitrogen and oxygen atoms in total. The number of carbonyl (C=O) groups is 1. The molecule has 4 rings (SSSR count). The van der Waals surface area contributed by atoms with E-state index < -0.39 is 10.0 Å². The summed E-state index contributed by atoms with van der Waals surface area (Å²) in [7, 11) is -3.84. The predicted molar refractivity (Wildman–Crippen MR) is 132 cm³/mol. The topological polar surface area (TPSA) is 66.9 Å². The highest BCUT2D eigenvalue weighted by molar-refractivity contribution is 7.89. The molecular formula is C26H27ClN2O4S. The van der Waals surface area contributed by atoms with E-state index in [9.17, 15) is 13.2 Å². The zero-order valence-corrected chi connectivity index (χ0v) is 20.3. The van der Waals surface area contributed by atoms with Crippen molar-refractivity contribution in [1.82, 2.24) is 9.21 Å². The van der Waals surface area contributed by atoms with Crippen LogP contribution >= 0.6 is 11.6 Å². The molecule has 0 atom stereocenters. The van der Waals surface area contributed by atoms with E-state index in [1.54, 1.807) is 11.0 Å². The molecule has 0 radical (unpaired) electrons. The van der Waals surface area contributed by atoms with Crippen LogP contribution in [-0.4, -0.2) is 56.4 Å². The number of nitrogens with zero attached hydrogens (tertiary/aromatic N) is 2. The van der Waals surface area contributed by atoms with Crippen molar-refractivity contribution in [2.45, 2.75) is 17.9 Å². The Morgan fingerprint density at radius 1 is 0.912 bits per heavy atom. The largest absolute Gasteiger partial charge is 0.379 e. The number of carbonyl (C=O) groups excluding carboxylic acids is 1. The number of rotatable bonds is 8. The van der Waals surface area contributed by atoms with Gasteiger partial charge in [0.1, 0.15) is 4.90 Å². The van der Waals surface area contributed by atoms with Gasteiger partial charge in [0.05, 0.1) is 18.2 Å². The second-order valence-electron chi connectivity index (χ2n) is 8.11. The van der Waals surface area contributed by atoms with Gasteiger partial charge in [0.15, 0.2) is 0 Å². The molecule has 0 aromatic heterocycles. The molecule has 0 unspecified atom stereocenters. The number of hydrogen-bond acceptors (Lipinski definition) is 4. The van der Waals surface area contributed by atoms with Gasteiger partial charge < -0.3 is 9.64 Å². The van der Waals surface area contributed by atoms with Crippen molar-refractivity contribution in [2.75, 3.05) is 32.8 Å². The molecule has 1 fully saturated rings. The standard InChI is InChI=1S/C26H27ClN2O4S/c27-24-12-11-23(19-25(24)34(31,32)29-15-17-33-18-16-29)26(30)28(20-22-9-5-2-6-10-22)14-13-21-7-3-1-4-8-21/h1-12,19H,13-18,20H2. The number of amides is 1. The normalized spacial score (nSPS) is 14.6. The Kier molecular flexibility index (Phi) is 8.00. The Balaban J connectivity index is 1.61. The van der Waals surface area contributed by atoms with Crippen LogP contribution in [0.5, 0.6) is 0 Å². The molecule has 3 aromatic carbocycles. The number of sulfonamides is 1. The minimum Gasteiger partial charge on any atom is -0.379 e. The third-order valence-electron chi connectivity index (χ3n) is 5.78. The highest BCUT2D eigenvalue weighted by Gasteiger charge is 2.29. The summed E-state index contributed by atoms with van der Waals surface area (Å²) in [6.07, 6.45) is 0.686. The number of hydrogen-bond donors (Lipinski definition) is 0. The smallest absolute Gasteiger partial charge is 0.254 e. The average molecular weight is 499 g/mol. The van der Waals surface area contributed by atoms with Gasteiger partial charge in [-0.25, -0.2) is 8.42 Å². The molecule has 1 aliphatic heterocycles. The lowest BCUT2D eigenvalue weighted by Crippen LogP contribution is -2.40. The van der Waals surface area contributed by atoms with Gasteiger partial charge in [-0.15, -0.1) is 0 Å². The third-order valence-corrected chi connectivity index (χ3v) is 8.16. The van der Waals surface area contributed by atoms with Gasteiger partial charge in [0, 0.05) is 31.7 Å². The highest BCUT2D eigenvalue weighted by atomic mass is 35.5. The number of benzene rings is 3. The Labute approximate surface area is 205 Å². The lowest BCUT2D eigenvalue weighted by atomic mass is 10.1. The first-order chi connectivity index (χ1) is 16.4. The van der Waals surface area contributed by atoms with Crippen molar-refractivity contribution in [3.63, 3.8) is 0 Å². The van der Waals surface area contributed by atoms with Gasteiger partial charge in [-0.2, -0.15) is 4.31 Å². The van der Waals surface area contributed by atoms with E-state index in [-0.39, 0.29) is 28.9 Å². The molecule has 34 heavy (non-hydrogen) atoms. The second-order valence-corrected chi connectivity index (χ2v) is 10.4. The minimum atomic E-state index is -3.84. The van der Waals surface area contributed by atoms with Crippen LogP contribution in [0, 0.1) is 0 Å². The summed E-state index contributed by atoms with van der Waals surface area (Å²) in [5, 5.41) is 0.0990. The Hall–Kier alpha value is -2.71. The summed E-state index contributed by atoms with van der Waals surface area (Å²) in [4.78, 5) is 15.3. The average Bonchev–Trinajstić information content (AvgIpc) is 2.88. The van der Waals surface area contributed by atoms with E-state index in [2.05, 4.69) is 0 Å². The third kappa shape index (κ3) is 5.85. The maximum atomic E-state index is 13.6. The lowest BCUT2D eigenvalue weighted by Gasteiger charge is -2.27. The predicted octanol–water partition coefficient (Wildman–Crippen LogP) is 4.25. The SMILES string of the molecule is O=C(c1ccc(Cl)c(S(=O)(=O)N2CCOCC2)c1)N(CCc1ccccc1)Cc1ccccc1. The summed E-state index contributed by atoms with van der Waals surface area (Å²) in [5.41, 5.74) is 2.42. The fourth-order valence-electron chi connectivity index (χ4n) is 3.91. The molecule has 1 heterocycles. The van der Waals surface area contributed by atoms with Crippen molar-refractivity contribution < 1.29 is 17.9 Å². The molecule has 0 bridgehead atoms. The molecule has 178 valence electrons. The molecule has 1 saturated heterocycles. The van der Waals surface area contributed by atoms with Crippen LogP contribution < -0.4 is 0 Å². The summed E-state index contributed by atoms with van der Waals surface area (Å²) < 4.78 is 33.1. The van der Waals surface area contributed by atoms with Crippen LogP contribution in [0.2, 0.25) is 5.02 Å². The van der Waals surface area contributed by atoms with Crippen molar-refractivity contribution in [3.05, 3.63) is 101 Å². The molecule has 0 saturated carbocycles. The van der Waals surface area contributed by atoms with Crippen LogP contribution in [0.3, 0.4) is 0 Å². The first-order valence-electron chi connectivity index (χ1n) is 11.2. The number of halogens is 1. The number of morpholine rings is 1. The Morgan fingerprint density at radius 2 is 1.53 bits per heavy atom. The van der Waals surface area contributed by atoms with Gasteiger partial charge in [-0.05, 0) is 35.7 Å². The van der Waals surface area contributed by atoms with E-state index in [4.69, 9.17) is 16.3 Å². The highest BCUT2D eigenvalue weighted by Crippen LogP contribution is 2.27. The summed E-state index contributed by atoms with van der Waals surface area (Å²) >= 11 is 6.29. The molecule has 3 aromatic rings. The van der Waals surface area contributed by atoms with E-state index in [0.717, 1.165) is 11.1 Å². The molecule has 8 heteroatoms. The van der Waals surface area contributed by atoms with E-state index in [0.29, 0.717) is 38.3 Å². The molecule has 1 aliphatic rings. The van der Waals surface area contributed by atoms with Crippen molar-refractivity contribution in [3.8, 4) is 0 Å². The van der Waals surface area contributed by atoms with Crippen LogP contribution in [0.4, 0.5) is 0 Å². The molecular weight excluding hydrogens is 472 g/mol. The first-order valence-corrected chi connectivity index (χ1v) is 13.0. The summed E-state index contributed by atoms with van der Waals surface area (Å²) in [6.45, 7) is 2.09. The molecule has 0 aliphatic carbocycles. The van der Waals surface area contributed by atoms with Crippen molar-refractivity contribution >= 4 is 27.5 Å². The van der Waals surface area contributed by atoms with Gasteiger partial charge >= 0.3 is 0 Å². The summed E-state index contributed by atoms with van der Waals surface area (Å²) in [6, 6.07) is 24.2. The monoisotopic (exact) mass is 498 g/mol. The lowest BCUT2D eigenvalue weighted by molar-refractivity contribution is 0.0729. The van der Waals surface area contributed by atoms with Gasteiger partial charge in [0.2, 0.25) is 10.0 Å². The maximum Gasteiger partial charge on any atom is 0.254 e. The zero-order chi connectivity index (χ0) is 24.0. The van der Waals surface area contributed by atoms with Crippen molar-refractivity contribution in [2.24, 2.45) is 0 Å². The van der Waals surface area contributed by atoms with Crippen LogP contribution in [0.1, 0.15) is 21.5 Å². The van der Waals surface area contributed by atoms with E-state index >= 15 is 0 Å². The molecule has 0 spiro atoms. The first kappa shape index (κ1) is 24.4. The number of ether oxygens (including phenoxy) is 1. The van der Waals surface area contributed by atoms with Gasteiger partial charge in [0.25, 0.3) is 5.91 Å². The van der Waals surface area contributed by atoms with E-state index in [1.807, 2.05) is 60.7 Å². The Morgan fingerprint density at radius 3 is 2.18 bits per heavy atom.